The smallest absolute Gasteiger partial charge is 0.264 e. The zero-order chi connectivity index (χ0) is 18.5. The van der Waals surface area contributed by atoms with E-state index in [1.165, 1.54) is 11.3 Å². The van der Waals surface area contributed by atoms with Crippen molar-refractivity contribution in [2.75, 3.05) is 11.9 Å². The SMILES string of the molecule is CCc1cccc(OCC(=O)Nc2nc(-c3ccc(Cl)cc3Cl)cs2)c1. The summed E-state index contributed by atoms with van der Waals surface area (Å²) in [5.74, 6) is 0.405. The van der Waals surface area contributed by atoms with Crippen LogP contribution in [0.3, 0.4) is 0 Å². The number of benzene rings is 2. The number of nitrogens with zero attached hydrogens (tertiary/aromatic N) is 1. The molecule has 3 rings (SSSR count). The lowest BCUT2D eigenvalue weighted by Gasteiger charge is -2.07. The third-order valence-corrected chi connectivity index (χ3v) is 4.94. The molecule has 1 N–H and O–H groups in total. The average Bonchev–Trinajstić information content (AvgIpc) is 3.08. The number of anilines is 1. The first-order valence-corrected chi connectivity index (χ1v) is 9.61. The van der Waals surface area contributed by atoms with Gasteiger partial charge in [0.25, 0.3) is 5.91 Å². The van der Waals surface area contributed by atoms with Gasteiger partial charge in [0.05, 0.1) is 10.7 Å². The molecular formula is C19H16Cl2N2O2S. The maximum absolute atomic E-state index is 12.1. The van der Waals surface area contributed by atoms with E-state index < -0.39 is 0 Å². The second-order valence-corrected chi connectivity index (χ2v) is 7.20. The zero-order valence-electron chi connectivity index (χ0n) is 14.0. The van der Waals surface area contributed by atoms with Gasteiger partial charge in [-0.05, 0) is 42.3 Å². The van der Waals surface area contributed by atoms with Crippen molar-refractivity contribution in [1.82, 2.24) is 4.98 Å². The number of aromatic nitrogens is 1. The highest BCUT2D eigenvalue weighted by molar-refractivity contribution is 7.14. The van der Waals surface area contributed by atoms with Gasteiger partial charge in [-0.3, -0.25) is 10.1 Å². The lowest BCUT2D eigenvalue weighted by Crippen LogP contribution is -2.20. The van der Waals surface area contributed by atoms with E-state index in [4.69, 9.17) is 27.9 Å². The Morgan fingerprint density at radius 1 is 1.23 bits per heavy atom. The molecule has 1 aromatic heterocycles. The van der Waals surface area contributed by atoms with Crippen LogP contribution in [0, 0.1) is 0 Å². The third kappa shape index (κ3) is 4.75. The first kappa shape index (κ1) is 18.7. The van der Waals surface area contributed by atoms with Crippen molar-refractivity contribution in [1.29, 1.82) is 0 Å². The largest absolute Gasteiger partial charge is 0.484 e. The molecule has 0 bridgehead atoms. The van der Waals surface area contributed by atoms with Gasteiger partial charge in [0.2, 0.25) is 0 Å². The van der Waals surface area contributed by atoms with Crippen LogP contribution >= 0.6 is 34.5 Å². The Hall–Kier alpha value is -2.08. The van der Waals surface area contributed by atoms with E-state index in [9.17, 15) is 4.79 Å². The molecule has 0 spiro atoms. The van der Waals surface area contributed by atoms with Crippen LogP contribution in [0.5, 0.6) is 5.75 Å². The number of carbonyl (C=O) groups excluding carboxylic acids is 1. The molecule has 0 aliphatic heterocycles. The normalized spacial score (nSPS) is 10.6. The molecule has 26 heavy (non-hydrogen) atoms. The first-order chi connectivity index (χ1) is 12.5. The van der Waals surface area contributed by atoms with Crippen molar-refractivity contribution in [3.05, 3.63) is 63.5 Å². The van der Waals surface area contributed by atoms with Gasteiger partial charge in [-0.2, -0.15) is 0 Å². The number of aryl methyl sites for hydroxylation is 1. The number of halogens is 2. The van der Waals surface area contributed by atoms with Crippen LogP contribution in [0.2, 0.25) is 10.0 Å². The molecule has 0 aliphatic carbocycles. The number of hydrogen-bond donors (Lipinski definition) is 1. The molecule has 134 valence electrons. The molecule has 2 aromatic carbocycles. The topological polar surface area (TPSA) is 51.2 Å². The van der Waals surface area contributed by atoms with Gasteiger partial charge in [-0.15, -0.1) is 11.3 Å². The Morgan fingerprint density at radius 3 is 2.85 bits per heavy atom. The lowest BCUT2D eigenvalue weighted by molar-refractivity contribution is -0.118. The molecule has 4 nitrogen and oxygen atoms in total. The third-order valence-electron chi connectivity index (χ3n) is 3.63. The monoisotopic (exact) mass is 406 g/mol. The van der Waals surface area contributed by atoms with E-state index in [1.54, 1.807) is 18.2 Å². The molecule has 0 saturated heterocycles. The van der Waals surface area contributed by atoms with Crippen LogP contribution < -0.4 is 10.1 Å². The maximum atomic E-state index is 12.1. The molecule has 0 unspecified atom stereocenters. The van der Waals surface area contributed by atoms with Crippen molar-refractivity contribution in [2.45, 2.75) is 13.3 Å². The summed E-state index contributed by atoms with van der Waals surface area (Å²) in [4.78, 5) is 16.5. The average molecular weight is 407 g/mol. The second-order valence-electron chi connectivity index (χ2n) is 5.50. The van der Waals surface area contributed by atoms with Crippen LogP contribution in [0.15, 0.2) is 47.8 Å². The number of nitrogens with one attached hydrogen (secondary N) is 1. The Balaban J connectivity index is 1.60. The Bertz CT molecular complexity index is 927. The summed E-state index contributed by atoms with van der Waals surface area (Å²) >= 11 is 13.4. The highest BCUT2D eigenvalue weighted by Crippen LogP contribution is 2.32. The number of amides is 1. The second kappa shape index (κ2) is 8.54. The van der Waals surface area contributed by atoms with E-state index in [0.717, 1.165) is 17.5 Å². The van der Waals surface area contributed by atoms with Gasteiger partial charge in [0.1, 0.15) is 5.75 Å². The number of hydrogen-bond acceptors (Lipinski definition) is 4. The predicted molar refractivity (Wildman–Crippen MR) is 108 cm³/mol. The quantitative estimate of drug-likeness (QED) is 0.571. The van der Waals surface area contributed by atoms with Crippen LogP contribution in [0.25, 0.3) is 11.3 Å². The summed E-state index contributed by atoms with van der Waals surface area (Å²) in [5.41, 5.74) is 2.61. The van der Waals surface area contributed by atoms with E-state index in [0.29, 0.717) is 26.6 Å². The fraction of sp³-hybridized carbons (Fsp3) is 0.158. The summed E-state index contributed by atoms with van der Waals surface area (Å²) in [7, 11) is 0. The number of rotatable bonds is 6. The van der Waals surface area contributed by atoms with Crippen LogP contribution in [-0.4, -0.2) is 17.5 Å². The Labute approximate surface area is 165 Å². The molecule has 1 heterocycles. The van der Waals surface area contributed by atoms with Gasteiger partial charge in [-0.25, -0.2) is 4.98 Å². The molecule has 1 amide bonds. The molecule has 0 fully saturated rings. The zero-order valence-corrected chi connectivity index (χ0v) is 16.3. The summed E-state index contributed by atoms with van der Waals surface area (Å²) in [6.07, 6.45) is 0.915. The molecule has 7 heteroatoms. The minimum Gasteiger partial charge on any atom is -0.484 e. The van der Waals surface area contributed by atoms with Gasteiger partial charge < -0.3 is 4.74 Å². The molecule has 3 aromatic rings. The van der Waals surface area contributed by atoms with Crippen molar-refractivity contribution in [3.8, 4) is 17.0 Å². The van der Waals surface area contributed by atoms with E-state index in [2.05, 4.69) is 17.2 Å². The van der Waals surface area contributed by atoms with Gasteiger partial charge in [-0.1, -0.05) is 42.3 Å². The predicted octanol–water partition coefficient (Wildman–Crippen LogP) is 5.70. The van der Waals surface area contributed by atoms with Crippen molar-refractivity contribution in [3.63, 3.8) is 0 Å². The highest BCUT2D eigenvalue weighted by atomic mass is 35.5. The standard InChI is InChI=1S/C19H16Cl2N2O2S/c1-2-12-4-3-5-14(8-12)25-10-18(24)23-19-22-17(11-26-19)15-7-6-13(20)9-16(15)21/h3-9,11H,2,10H2,1H3,(H,22,23,24). The summed E-state index contributed by atoms with van der Waals surface area (Å²) < 4.78 is 5.54. The van der Waals surface area contributed by atoms with Gasteiger partial charge in [0, 0.05) is 16.0 Å². The molecule has 0 aliphatic rings. The summed E-state index contributed by atoms with van der Waals surface area (Å²) in [6.45, 7) is 1.99. The summed E-state index contributed by atoms with van der Waals surface area (Å²) in [5, 5.41) is 6.13. The minimum absolute atomic E-state index is 0.0796. The van der Waals surface area contributed by atoms with Crippen LogP contribution in [0.1, 0.15) is 12.5 Å². The van der Waals surface area contributed by atoms with Gasteiger partial charge >= 0.3 is 0 Å². The maximum Gasteiger partial charge on any atom is 0.264 e. The van der Waals surface area contributed by atoms with Crippen LogP contribution in [0.4, 0.5) is 5.13 Å². The Morgan fingerprint density at radius 2 is 2.08 bits per heavy atom. The van der Waals surface area contributed by atoms with Gasteiger partial charge in [0.15, 0.2) is 11.7 Å². The molecule has 0 atom stereocenters. The number of carbonyl (C=O) groups is 1. The van der Waals surface area contributed by atoms with Crippen molar-refractivity contribution in [2.24, 2.45) is 0 Å². The molecular weight excluding hydrogens is 391 g/mol. The Kier molecular flexibility index (Phi) is 6.14. The number of thiazole rings is 1. The number of ether oxygens (including phenoxy) is 1. The minimum atomic E-state index is -0.269. The molecule has 0 radical (unpaired) electrons. The van der Waals surface area contributed by atoms with E-state index in [-0.39, 0.29) is 12.5 Å². The molecule has 0 saturated carbocycles. The van der Waals surface area contributed by atoms with Crippen molar-refractivity contribution < 1.29 is 9.53 Å². The highest BCUT2D eigenvalue weighted by Gasteiger charge is 2.11. The summed E-state index contributed by atoms with van der Waals surface area (Å²) in [6, 6.07) is 12.9. The van der Waals surface area contributed by atoms with Crippen LogP contribution in [-0.2, 0) is 11.2 Å². The lowest BCUT2D eigenvalue weighted by atomic mass is 10.2. The van der Waals surface area contributed by atoms with E-state index in [1.807, 2.05) is 29.6 Å². The van der Waals surface area contributed by atoms with Crippen molar-refractivity contribution >= 4 is 45.6 Å². The first-order valence-electron chi connectivity index (χ1n) is 7.97. The fourth-order valence-corrected chi connectivity index (χ4v) is 3.54. The fourth-order valence-electron chi connectivity index (χ4n) is 2.31. The van der Waals surface area contributed by atoms with E-state index >= 15 is 0 Å².